The van der Waals surface area contributed by atoms with Gasteiger partial charge in [0.2, 0.25) is 11.8 Å². The van der Waals surface area contributed by atoms with Gasteiger partial charge in [-0.25, -0.2) is 14.8 Å². The van der Waals surface area contributed by atoms with Crippen LogP contribution in [0.4, 0.5) is 4.79 Å². The molecular weight excluding hydrogens is 386 g/mol. The first kappa shape index (κ1) is 18.6. The van der Waals surface area contributed by atoms with Gasteiger partial charge in [-0.2, -0.15) is 0 Å². The van der Waals surface area contributed by atoms with E-state index in [9.17, 15) is 14.7 Å². The fraction of sp³-hybridized carbons (Fsp3) is 0.333. The number of hydrogen-bond acceptors (Lipinski definition) is 6. The van der Waals surface area contributed by atoms with E-state index in [-0.39, 0.29) is 17.9 Å². The van der Waals surface area contributed by atoms with Crippen molar-refractivity contribution in [2.45, 2.75) is 25.9 Å². The molecule has 0 spiro atoms. The summed E-state index contributed by atoms with van der Waals surface area (Å²) in [6.07, 6.45) is 2.55. The summed E-state index contributed by atoms with van der Waals surface area (Å²) in [4.78, 5) is 34.6. The number of amides is 1. The predicted octanol–water partition coefficient (Wildman–Crippen LogP) is 2.24. The lowest BCUT2D eigenvalue weighted by molar-refractivity contribution is -0.140. The Hall–Kier alpha value is -3.46. The minimum atomic E-state index is -1.03. The monoisotopic (exact) mass is 407 g/mol. The molecule has 2 aliphatic rings. The zero-order valence-corrected chi connectivity index (χ0v) is 16.4. The minimum Gasteiger partial charge on any atom is -0.464 e. The summed E-state index contributed by atoms with van der Waals surface area (Å²) in [6, 6.07) is 6.98. The van der Waals surface area contributed by atoms with Crippen molar-refractivity contribution < 1.29 is 19.4 Å². The smallest absolute Gasteiger partial charge is 0.415 e. The first-order chi connectivity index (χ1) is 14.5. The number of carboxylic acid groups (broad SMARTS) is 1. The van der Waals surface area contributed by atoms with E-state index in [1.165, 1.54) is 12.5 Å². The highest BCUT2D eigenvalue weighted by Gasteiger charge is 2.35. The Bertz CT molecular complexity index is 1150. The maximum Gasteiger partial charge on any atom is 0.415 e. The number of ether oxygens (including phenoxy) is 1. The summed E-state index contributed by atoms with van der Waals surface area (Å²) in [5, 5.41) is 13.1. The van der Waals surface area contributed by atoms with Crippen LogP contribution in [0.2, 0.25) is 0 Å². The Morgan fingerprint density at radius 2 is 2.07 bits per heavy atom. The largest absolute Gasteiger partial charge is 0.464 e. The molecule has 0 aliphatic carbocycles. The molecule has 2 aromatic heterocycles. The number of nitrogens with one attached hydrogen (secondary N) is 1. The highest BCUT2D eigenvalue weighted by Crippen LogP contribution is 2.32. The second-order valence-corrected chi connectivity index (χ2v) is 7.77. The standard InChI is InChI=1S/C21H21N5O4/c1-12-6-16-17(10-26(12)20(27)14-8-22-9-14)23-11-24-19(16)30-15-2-3-18-13(7-15)4-5-25(18)21(28)29/h2-5,7,11-12,14,22H,6,8-10H2,1H3,(H,28,29)/t12-/m0/s1. The van der Waals surface area contributed by atoms with Crippen molar-refractivity contribution in [2.75, 3.05) is 13.1 Å². The molecule has 1 atom stereocenters. The molecular formula is C21H21N5O4. The Kier molecular flexibility index (Phi) is 4.39. The topological polar surface area (TPSA) is 110 Å². The van der Waals surface area contributed by atoms with E-state index in [2.05, 4.69) is 15.3 Å². The van der Waals surface area contributed by atoms with Crippen molar-refractivity contribution in [1.29, 1.82) is 0 Å². The van der Waals surface area contributed by atoms with Crippen LogP contribution in [0.5, 0.6) is 11.6 Å². The van der Waals surface area contributed by atoms with Crippen LogP contribution in [-0.4, -0.2) is 55.7 Å². The van der Waals surface area contributed by atoms with Crippen LogP contribution in [0.3, 0.4) is 0 Å². The van der Waals surface area contributed by atoms with E-state index < -0.39 is 6.09 Å². The van der Waals surface area contributed by atoms with Crippen LogP contribution in [-0.2, 0) is 17.8 Å². The molecule has 5 rings (SSSR count). The quantitative estimate of drug-likeness (QED) is 0.685. The molecule has 1 saturated heterocycles. The second kappa shape index (κ2) is 7.10. The highest BCUT2D eigenvalue weighted by atomic mass is 16.5. The fourth-order valence-corrected chi connectivity index (χ4v) is 4.04. The number of benzene rings is 1. The Morgan fingerprint density at radius 1 is 1.23 bits per heavy atom. The Balaban J connectivity index is 1.41. The maximum atomic E-state index is 12.7. The number of carbonyl (C=O) groups excluding carboxylic acids is 1. The molecule has 0 radical (unpaired) electrons. The average Bonchev–Trinajstić information content (AvgIpc) is 3.10. The van der Waals surface area contributed by atoms with Crippen molar-refractivity contribution in [2.24, 2.45) is 5.92 Å². The number of nitrogens with zero attached hydrogens (tertiary/aromatic N) is 4. The van der Waals surface area contributed by atoms with Gasteiger partial charge in [0.15, 0.2) is 0 Å². The third-order valence-corrected chi connectivity index (χ3v) is 5.84. The van der Waals surface area contributed by atoms with Gasteiger partial charge in [0.25, 0.3) is 0 Å². The molecule has 1 amide bonds. The molecule has 9 heteroatoms. The van der Waals surface area contributed by atoms with Gasteiger partial charge >= 0.3 is 6.09 Å². The molecule has 0 saturated carbocycles. The number of aromatic nitrogens is 3. The van der Waals surface area contributed by atoms with Gasteiger partial charge in [-0.05, 0) is 37.6 Å². The van der Waals surface area contributed by atoms with Crippen LogP contribution < -0.4 is 10.1 Å². The minimum absolute atomic E-state index is 0.0334. The van der Waals surface area contributed by atoms with E-state index >= 15 is 0 Å². The first-order valence-electron chi connectivity index (χ1n) is 9.87. The highest BCUT2D eigenvalue weighted by molar-refractivity contribution is 5.89. The van der Waals surface area contributed by atoms with Crippen molar-refractivity contribution in [1.82, 2.24) is 24.8 Å². The van der Waals surface area contributed by atoms with Crippen molar-refractivity contribution >= 4 is 22.9 Å². The SMILES string of the molecule is C[C@H]1Cc2c(ncnc2Oc2ccc3c(ccn3C(=O)O)c2)CN1C(=O)C1CNC1. The van der Waals surface area contributed by atoms with Crippen LogP contribution in [0, 0.1) is 5.92 Å². The van der Waals surface area contributed by atoms with Gasteiger partial charge in [0.1, 0.15) is 12.1 Å². The van der Waals surface area contributed by atoms with E-state index in [0.717, 1.165) is 34.3 Å². The van der Waals surface area contributed by atoms with Gasteiger partial charge in [-0.1, -0.05) is 0 Å². The number of carbonyl (C=O) groups is 2. The average molecular weight is 407 g/mol. The number of rotatable bonds is 3. The summed E-state index contributed by atoms with van der Waals surface area (Å²) in [5.74, 6) is 1.26. The molecule has 0 unspecified atom stereocenters. The summed E-state index contributed by atoms with van der Waals surface area (Å²) in [5.41, 5.74) is 2.30. The maximum absolute atomic E-state index is 12.7. The van der Waals surface area contributed by atoms with E-state index in [1.54, 1.807) is 24.3 Å². The van der Waals surface area contributed by atoms with Crippen molar-refractivity contribution in [3.63, 3.8) is 0 Å². The summed E-state index contributed by atoms with van der Waals surface area (Å²) >= 11 is 0. The zero-order chi connectivity index (χ0) is 20.8. The van der Waals surface area contributed by atoms with Gasteiger partial charge < -0.3 is 20.1 Å². The lowest BCUT2D eigenvalue weighted by Crippen LogP contribution is -2.55. The van der Waals surface area contributed by atoms with Gasteiger partial charge in [0, 0.05) is 36.3 Å². The Morgan fingerprint density at radius 3 is 2.80 bits per heavy atom. The van der Waals surface area contributed by atoms with Gasteiger partial charge in [-0.15, -0.1) is 0 Å². The third kappa shape index (κ3) is 3.07. The lowest BCUT2D eigenvalue weighted by atomic mass is 9.95. The molecule has 154 valence electrons. The lowest BCUT2D eigenvalue weighted by Gasteiger charge is -2.39. The first-order valence-corrected chi connectivity index (χ1v) is 9.87. The molecule has 1 aromatic carbocycles. The predicted molar refractivity (Wildman–Crippen MR) is 108 cm³/mol. The third-order valence-electron chi connectivity index (χ3n) is 5.84. The van der Waals surface area contributed by atoms with Crippen LogP contribution in [0.15, 0.2) is 36.8 Å². The second-order valence-electron chi connectivity index (χ2n) is 7.77. The van der Waals surface area contributed by atoms with E-state index in [4.69, 9.17) is 4.74 Å². The van der Waals surface area contributed by atoms with Crippen molar-refractivity contribution in [3.8, 4) is 11.6 Å². The molecule has 2 N–H and O–H groups in total. The van der Waals surface area contributed by atoms with Crippen LogP contribution in [0.25, 0.3) is 10.9 Å². The zero-order valence-electron chi connectivity index (χ0n) is 16.4. The van der Waals surface area contributed by atoms with Crippen LogP contribution >= 0.6 is 0 Å². The summed E-state index contributed by atoms with van der Waals surface area (Å²) in [7, 11) is 0. The van der Waals surface area contributed by atoms with Gasteiger partial charge in [0.05, 0.1) is 23.7 Å². The van der Waals surface area contributed by atoms with Crippen LogP contribution in [0.1, 0.15) is 18.2 Å². The Labute approximate surface area is 172 Å². The van der Waals surface area contributed by atoms with E-state index in [1.807, 2.05) is 11.8 Å². The van der Waals surface area contributed by atoms with Crippen molar-refractivity contribution in [3.05, 3.63) is 48.0 Å². The number of hydrogen-bond donors (Lipinski definition) is 2. The van der Waals surface area contributed by atoms with E-state index in [0.29, 0.717) is 30.1 Å². The molecule has 30 heavy (non-hydrogen) atoms. The molecule has 4 heterocycles. The molecule has 0 bridgehead atoms. The fourth-order valence-electron chi connectivity index (χ4n) is 4.04. The normalized spacial score (nSPS) is 18.7. The molecule has 3 aromatic rings. The number of fused-ring (bicyclic) bond motifs is 2. The molecule has 1 fully saturated rings. The summed E-state index contributed by atoms with van der Waals surface area (Å²) in [6.45, 7) is 3.95. The van der Waals surface area contributed by atoms with Gasteiger partial charge in [-0.3, -0.25) is 9.36 Å². The molecule has 9 nitrogen and oxygen atoms in total. The summed E-state index contributed by atoms with van der Waals surface area (Å²) < 4.78 is 7.22. The molecule has 2 aliphatic heterocycles.